The lowest BCUT2D eigenvalue weighted by atomic mass is 9.75. The molecule has 0 bridgehead atoms. The van der Waals surface area contributed by atoms with Crippen LogP contribution in [0.15, 0.2) is 12.3 Å². The summed E-state index contributed by atoms with van der Waals surface area (Å²) in [7, 11) is 0. The molecule has 0 aromatic carbocycles. The zero-order chi connectivity index (χ0) is 10.3. The highest BCUT2D eigenvalue weighted by atomic mass is 16.2. The fraction of sp³-hybridized carbons (Fsp3) is 0.500. The Kier molecular flexibility index (Phi) is 1.76. The third kappa shape index (κ3) is 1.10. The van der Waals surface area contributed by atoms with E-state index in [4.69, 9.17) is 0 Å². The number of piperidine rings is 1. The van der Waals surface area contributed by atoms with Gasteiger partial charge in [-0.2, -0.15) is 5.10 Å². The standard InChI is InChI=1S/C10H12N4O/c15-9-10(2-5-11-6-3-10)7-1-4-12-14-8(7)13-9/h1,4,11H,2-3,5-6H2,(H,13,14,15). The van der Waals surface area contributed by atoms with E-state index in [0.717, 1.165) is 31.5 Å². The molecule has 5 nitrogen and oxygen atoms in total. The fourth-order valence-electron chi connectivity index (χ4n) is 2.51. The molecule has 0 atom stereocenters. The third-order valence-corrected chi connectivity index (χ3v) is 3.36. The van der Waals surface area contributed by atoms with Gasteiger partial charge in [0.05, 0.1) is 11.6 Å². The van der Waals surface area contributed by atoms with Crippen molar-refractivity contribution >= 4 is 11.7 Å². The summed E-state index contributed by atoms with van der Waals surface area (Å²) in [5.74, 6) is 0.726. The lowest BCUT2D eigenvalue weighted by molar-refractivity contribution is -0.121. The van der Waals surface area contributed by atoms with Gasteiger partial charge in [-0.25, -0.2) is 0 Å². The molecule has 2 aliphatic rings. The third-order valence-electron chi connectivity index (χ3n) is 3.36. The van der Waals surface area contributed by atoms with Gasteiger partial charge in [-0.15, -0.1) is 5.10 Å². The van der Waals surface area contributed by atoms with Crippen LogP contribution in [0.2, 0.25) is 0 Å². The van der Waals surface area contributed by atoms with Gasteiger partial charge in [-0.3, -0.25) is 4.79 Å². The highest BCUT2D eigenvalue weighted by Gasteiger charge is 2.47. The summed E-state index contributed by atoms with van der Waals surface area (Å²) < 4.78 is 0. The van der Waals surface area contributed by atoms with Gasteiger partial charge in [0, 0.05) is 5.56 Å². The number of nitrogens with one attached hydrogen (secondary N) is 2. The van der Waals surface area contributed by atoms with E-state index in [-0.39, 0.29) is 11.3 Å². The minimum atomic E-state index is -0.351. The summed E-state index contributed by atoms with van der Waals surface area (Å²) in [6, 6.07) is 1.91. The minimum Gasteiger partial charge on any atom is -0.317 e. The Labute approximate surface area is 87.3 Å². The number of amides is 1. The Hall–Kier alpha value is -1.49. The molecule has 1 fully saturated rings. The van der Waals surface area contributed by atoms with Crippen LogP contribution in [0, 0.1) is 0 Å². The zero-order valence-corrected chi connectivity index (χ0v) is 8.29. The summed E-state index contributed by atoms with van der Waals surface area (Å²) in [5, 5.41) is 13.8. The molecular formula is C10H12N4O. The SMILES string of the molecule is O=C1Nc2nnccc2C12CCNCC2. The van der Waals surface area contributed by atoms with Crippen LogP contribution in [0.3, 0.4) is 0 Å². The Morgan fingerprint density at radius 1 is 1.33 bits per heavy atom. The van der Waals surface area contributed by atoms with Crippen LogP contribution in [0.25, 0.3) is 0 Å². The molecule has 3 rings (SSSR count). The summed E-state index contributed by atoms with van der Waals surface area (Å²) >= 11 is 0. The fourth-order valence-corrected chi connectivity index (χ4v) is 2.51. The lowest BCUT2D eigenvalue weighted by Gasteiger charge is -2.31. The van der Waals surface area contributed by atoms with Gasteiger partial charge in [-0.1, -0.05) is 0 Å². The number of hydrogen-bond donors (Lipinski definition) is 2. The average Bonchev–Trinajstić information content (AvgIpc) is 2.55. The highest BCUT2D eigenvalue weighted by Crippen LogP contribution is 2.42. The van der Waals surface area contributed by atoms with Gasteiger partial charge >= 0.3 is 0 Å². The largest absolute Gasteiger partial charge is 0.317 e. The van der Waals surface area contributed by atoms with Gasteiger partial charge in [0.2, 0.25) is 5.91 Å². The summed E-state index contributed by atoms with van der Waals surface area (Å²) in [5.41, 5.74) is 0.667. The van der Waals surface area contributed by atoms with Crippen LogP contribution >= 0.6 is 0 Å². The highest BCUT2D eigenvalue weighted by molar-refractivity contribution is 6.05. The normalized spacial score (nSPS) is 22.5. The van der Waals surface area contributed by atoms with Gasteiger partial charge in [0.15, 0.2) is 5.82 Å². The molecule has 1 saturated heterocycles. The first-order chi connectivity index (χ1) is 7.33. The van der Waals surface area contributed by atoms with Crippen molar-refractivity contribution in [3.05, 3.63) is 17.8 Å². The predicted octanol–water partition coefficient (Wildman–Crippen LogP) is 0.0499. The average molecular weight is 204 g/mol. The molecule has 0 saturated carbocycles. The topological polar surface area (TPSA) is 66.9 Å². The molecule has 15 heavy (non-hydrogen) atoms. The first-order valence-electron chi connectivity index (χ1n) is 5.17. The molecular weight excluding hydrogens is 192 g/mol. The van der Waals surface area contributed by atoms with Crippen LogP contribution in [-0.4, -0.2) is 29.2 Å². The van der Waals surface area contributed by atoms with Crippen LogP contribution in [0.5, 0.6) is 0 Å². The maximum Gasteiger partial charge on any atom is 0.236 e. The number of fused-ring (bicyclic) bond motifs is 2. The summed E-state index contributed by atoms with van der Waals surface area (Å²) in [4.78, 5) is 12.0. The molecule has 1 aromatic rings. The lowest BCUT2D eigenvalue weighted by Crippen LogP contribution is -2.44. The maximum atomic E-state index is 12.0. The van der Waals surface area contributed by atoms with E-state index in [1.165, 1.54) is 0 Å². The van der Waals surface area contributed by atoms with Crippen molar-refractivity contribution in [1.29, 1.82) is 0 Å². The van der Waals surface area contributed by atoms with Crippen molar-refractivity contribution in [1.82, 2.24) is 15.5 Å². The van der Waals surface area contributed by atoms with Crippen LogP contribution in [-0.2, 0) is 10.2 Å². The minimum absolute atomic E-state index is 0.0829. The number of rotatable bonds is 0. The van der Waals surface area contributed by atoms with Crippen molar-refractivity contribution in [2.75, 3.05) is 18.4 Å². The quantitative estimate of drug-likeness (QED) is 0.626. The van der Waals surface area contributed by atoms with Crippen molar-refractivity contribution in [3.8, 4) is 0 Å². The number of carbonyl (C=O) groups is 1. The summed E-state index contributed by atoms with van der Waals surface area (Å²) in [6.07, 6.45) is 3.35. The molecule has 1 aromatic heterocycles. The van der Waals surface area contributed by atoms with Crippen molar-refractivity contribution in [2.24, 2.45) is 0 Å². The molecule has 2 N–H and O–H groups in total. The van der Waals surface area contributed by atoms with Gasteiger partial charge in [0.1, 0.15) is 0 Å². The van der Waals surface area contributed by atoms with E-state index in [0.29, 0.717) is 5.82 Å². The second-order valence-corrected chi connectivity index (χ2v) is 4.08. The first-order valence-corrected chi connectivity index (χ1v) is 5.17. The molecule has 5 heteroatoms. The summed E-state index contributed by atoms with van der Waals surface area (Å²) in [6.45, 7) is 1.77. The molecule has 1 amide bonds. The van der Waals surface area contributed by atoms with E-state index < -0.39 is 0 Å². The number of aromatic nitrogens is 2. The molecule has 0 aliphatic carbocycles. The van der Waals surface area contributed by atoms with Crippen molar-refractivity contribution in [3.63, 3.8) is 0 Å². The van der Waals surface area contributed by atoms with Crippen LogP contribution in [0.1, 0.15) is 18.4 Å². The second kappa shape index (κ2) is 3.00. The second-order valence-electron chi connectivity index (χ2n) is 4.08. The maximum absolute atomic E-state index is 12.0. The van der Waals surface area contributed by atoms with E-state index in [1.807, 2.05) is 6.07 Å². The van der Waals surface area contributed by atoms with Crippen LogP contribution < -0.4 is 10.6 Å². The van der Waals surface area contributed by atoms with Gasteiger partial charge in [0.25, 0.3) is 0 Å². The van der Waals surface area contributed by atoms with E-state index in [1.54, 1.807) is 6.20 Å². The van der Waals surface area contributed by atoms with Crippen molar-refractivity contribution < 1.29 is 4.79 Å². The molecule has 3 heterocycles. The molecule has 1 spiro atoms. The molecule has 2 aliphatic heterocycles. The molecule has 0 radical (unpaired) electrons. The Balaban J connectivity index is 2.11. The van der Waals surface area contributed by atoms with Crippen LogP contribution in [0.4, 0.5) is 5.82 Å². The van der Waals surface area contributed by atoms with Crippen molar-refractivity contribution in [2.45, 2.75) is 18.3 Å². The smallest absolute Gasteiger partial charge is 0.236 e. The number of nitrogens with zero attached hydrogens (tertiary/aromatic N) is 2. The number of carbonyl (C=O) groups excluding carboxylic acids is 1. The molecule has 78 valence electrons. The Morgan fingerprint density at radius 2 is 2.13 bits per heavy atom. The predicted molar refractivity (Wildman–Crippen MR) is 54.4 cm³/mol. The molecule has 0 unspecified atom stereocenters. The first kappa shape index (κ1) is 8.79. The van der Waals surface area contributed by atoms with Gasteiger partial charge in [-0.05, 0) is 32.0 Å². The monoisotopic (exact) mass is 204 g/mol. The zero-order valence-electron chi connectivity index (χ0n) is 8.29. The van der Waals surface area contributed by atoms with Gasteiger partial charge < -0.3 is 10.6 Å². The van der Waals surface area contributed by atoms with E-state index in [2.05, 4.69) is 20.8 Å². The Morgan fingerprint density at radius 3 is 2.93 bits per heavy atom. The Bertz CT molecular complexity index is 412. The van der Waals surface area contributed by atoms with E-state index in [9.17, 15) is 4.79 Å². The number of anilines is 1. The van der Waals surface area contributed by atoms with E-state index >= 15 is 0 Å². The number of hydrogen-bond acceptors (Lipinski definition) is 4.